The number of anilines is 1. The second kappa shape index (κ2) is 6.76. The molecule has 1 aromatic heterocycles. The Balaban J connectivity index is 2.00. The first kappa shape index (κ1) is 16.1. The highest BCUT2D eigenvalue weighted by molar-refractivity contribution is 7.22. The molecule has 0 atom stereocenters. The second-order valence-electron chi connectivity index (χ2n) is 5.42. The zero-order valence-electron chi connectivity index (χ0n) is 13.6. The number of fused-ring (bicyclic) bond motifs is 1. The average molecular weight is 335 g/mol. The van der Waals surface area contributed by atoms with Crippen LogP contribution in [0, 0.1) is 13.8 Å². The molecule has 0 unspecified atom stereocenters. The molecule has 0 aliphatic carbocycles. The van der Waals surface area contributed by atoms with Gasteiger partial charge >= 0.3 is 0 Å². The van der Waals surface area contributed by atoms with Crippen LogP contribution < -0.4 is 5.01 Å². The zero-order valence-corrected chi connectivity index (χ0v) is 14.4. The van der Waals surface area contributed by atoms with Gasteiger partial charge in [0.1, 0.15) is 0 Å². The molecule has 4 nitrogen and oxygen atoms in total. The molecule has 3 rings (SSSR count). The minimum absolute atomic E-state index is 0.310. The van der Waals surface area contributed by atoms with Crippen LogP contribution in [0.25, 0.3) is 10.2 Å². The van der Waals surface area contributed by atoms with Gasteiger partial charge in [-0.25, -0.2) is 4.98 Å². The van der Waals surface area contributed by atoms with E-state index in [0.29, 0.717) is 5.13 Å². The van der Waals surface area contributed by atoms with E-state index in [4.69, 9.17) is 0 Å². The number of aryl methyl sites for hydroxylation is 2. The number of rotatable bonds is 4. The molecule has 0 radical (unpaired) electrons. The van der Waals surface area contributed by atoms with Crippen LogP contribution in [0.15, 0.2) is 60.2 Å². The summed E-state index contributed by atoms with van der Waals surface area (Å²) < 4.78 is 1.01. The number of carbonyl (C=O) groups is 1. The molecule has 24 heavy (non-hydrogen) atoms. The number of hydrazone groups is 1. The third-order valence-electron chi connectivity index (χ3n) is 3.59. The first-order valence-corrected chi connectivity index (χ1v) is 8.33. The molecule has 0 bridgehead atoms. The van der Waals surface area contributed by atoms with E-state index in [1.807, 2.05) is 56.3 Å². The maximum Gasteiger partial charge on any atom is 0.272 e. The van der Waals surface area contributed by atoms with Crippen molar-refractivity contribution in [3.63, 3.8) is 0 Å². The van der Waals surface area contributed by atoms with E-state index in [1.165, 1.54) is 22.4 Å². The predicted octanol–water partition coefficient (Wildman–Crippen LogP) is 4.47. The molecule has 0 saturated heterocycles. The Morgan fingerprint density at radius 2 is 2.04 bits per heavy atom. The molecule has 5 heteroatoms. The van der Waals surface area contributed by atoms with Gasteiger partial charge in [0.2, 0.25) is 5.13 Å². The van der Waals surface area contributed by atoms with Crippen molar-refractivity contribution in [2.24, 2.45) is 5.10 Å². The quantitative estimate of drug-likeness (QED) is 0.401. The van der Waals surface area contributed by atoms with Gasteiger partial charge in [-0.2, -0.15) is 10.1 Å². The van der Waals surface area contributed by atoms with Gasteiger partial charge in [-0.3, -0.25) is 4.79 Å². The van der Waals surface area contributed by atoms with Crippen molar-refractivity contribution in [1.82, 2.24) is 4.98 Å². The molecule has 0 aliphatic rings. The Morgan fingerprint density at radius 3 is 2.79 bits per heavy atom. The highest BCUT2D eigenvalue weighted by Crippen LogP contribution is 2.29. The summed E-state index contributed by atoms with van der Waals surface area (Å²) in [4.78, 5) is 16.7. The van der Waals surface area contributed by atoms with Crippen molar-refractivity contribution in [3.05, 3.63) is 71.8 Å². The van der Waals surface area contributed by atoms with Crippen molar-refractivity contribution in [2.45, 2.75) is 13.8 Å². The number of para-hydroxylation sites is 1. The lowest BCUT2D eigenvalue weighted by Crippen LogP contribution is -2.23. The van der Waals surface area contributed by atoms with Crippen LogP contribution >= 0.6 is 11.3 Å². The monoisotopic (exact) mass is 335 g/mol. The van der Waals surface area contributed by atoms with Crippen LogP contribution in [0.5, 0.6) is 0 Å². The van der Waals surface area contributed by atoms with Gasteiger partial charge in [-0.1, -0.05) is 53.8 Å². The summed E-state index contributed by atoms with van der Waals surface area (Å²) in [5.41, 5.74) is 4.06. The molecule has 0 saturated carbocycles. The first-order chi connectivity index (χ1) is 11.6. The van der Waals surface area contributed by atoms with Crippen molar-refractivity contribution in [2.75, 3.05) is 5.01 Å². The number of amides is 1. The largest absolute Gasteiger partial charge is 0.272 e. The van der Waals surface area contributed by atoms with E-state index in [9.17, 15) is 4.79 Å². The Bertz CT molecular complexity index is 910. The van der Waals surface area contributed by atoms with Crippen LogP contribution in [0.4, 0.5) is 5.13 Å². The summed E-state index contributed by atoms with van der Waals surface area (Å²) in [7, 11) is 0. The molecule has 2 aromatic carbocycles. The molecule has 0 fully saturated rings. The molecular weight excluding hydrogens is 318 g/mol. The highest BCUT2D eigenvalue weighted by Gasteiger charge is 2.16. The zero-order chi connectivity index (χ0) is 17.1. The SMILES string of the molecule is C=CC(=O)N(/N=C/c1cc(C)ccc1C)c1nc2ccccc2s1. The van der Waals surface area contributed by atoms with Gasteiger partial charge in [0, 0.05) is 0 Å². The Kier molecular flexibility index (Phi) is 4.53. The summed E-state index contributed by atoms with van der Waals surface area (Å²) in [5.74, 6) is -0.310. The number of thiazole rings is 1. The molecule has 120 valence electrons. The fourth-order valence-electron chi connectivity index (χ4n) is 2.26. The van der Waals surface area contributed by atoms with E-state index in [1.54, 1.807) is 6.21 Å². The first-order valence-electron chi connectivity index (χ1n) is 7.52. The predicted molar refractivity (Wildman–Crippen MR) is 101 cm³/mol. The van der Waals surface area contributed by atoms with Gasteiger partial charge < -0.3 is 0 Å². The number of hydrogen-bond acceptors (Lipinski definition) is 4. The Hall–Kier alpha value is -2.79. The molecule has 0 aliphatic heterocycles. The van der Waals surface area contributed by atoms with Crippen LogP contribution in [0.3, 0.4) is 0 Å². The molecule has 3 aromatic rings. The van der Waals surface area contributed by atoms with E-state index in [-0.39, 0.29) is 5.91 Å². The summed E-state index contributed by atoms with van der Waals surface area (Å²) in [6.45, 7) is 7.60. The van der Waals surface area contributed by atoms with Crippen LogP contribution in [-0.4, -0.2) is 17.1 Å². The number of hydrogen-bond donors (Lipinski definition) is 0. The molecular formula is C19H17N3OS. The van der Waals surface area contributed by atoms with Crippen LogP contribution in [0.2, 0.25) is 0 Å². The third kappa shape index (κ3) is 3.26. The third-order valence-corrected chi connectivity index (χ3v) is 4.61. The van der Waals surface area contributed by atoms with Crippen molar-refractivity contribution >= 4 is 38.8 Å². The normalized spacial score (nSPS) is 11.1. The maximum absolute atomic E-state index is 12.2. The molecule has 1 heterocycles. The summed E-state index contributed by atoms with van der Waals surface area (Å²) in [6.07, 6.45) is 2.93. The minimum atomic E-state index is -0.310. The van der Waals surface area contributed by atoms with Gasteiger partial charge in [0.15, 0.2) is 0 Å². The number of aromatic nitrogens is 1. The lowest BCUT2D eigenvalue weighted by atomic mass is 10.1. The van der Waals surface area contributed by atoms with Crippen molar-refractivity contribution in [3.8, 4) is 0 Å². The lowest BCUT2D eigenvalue weighted by molar-refractivity contribution is -0.114. The maximum atomic E-state index is 12.2. The Morgan fingerprint density at radius 1 is 1.25 bits per heavy atom. The van der Waals surface area contributed by atoms with E-state index in [0.717, 1.165) is 26.9 Å². The summed E-state index contributed by atoms with van der Waals surface area (Å²) >= 11 is 1.42. The van der Waals surface area contributed by atoms with Gasteiger partial charge in [0.25, 0.3) is 5.91 Å². The summed E-state index contributed by atoms with van der Waals surface area (Å²) in [5, 5.41) is 6.19. The fraction of sp³-hybridized carbons (Fsp3) is 0.105. The summed E-state index contributed by atoms with van der Waals surface area (Å²) in [6, 6.07) is 13.9. The van der Waals surface area contributed by atoms with Gasteiger partial charge in [0.05, 0.1) is 16.4 Å². The van der Waals surface area contributed by atoms with Crippen molar-refractivity contribution < 1.29 is 4.79 Å². The Labute approximate surface area is 144 Å². The molecule has 0 N–H and O–H groups in total. The molecule has 1 amide bonds. The topological polar surface area (TPSA) is 45.6 Å². The second-order valence-corrected chi connectivity index (χ2v) is 6.43. The smallest absolute Gasteiger partial charge is 0.267 e. The van der Waals surface area contributed by atoms with E-state index >= 15 is 0 Å². The van der Waals surface area contributed by atoms with Crippen LogP contribution in [-0.2, 0) is 4.79 Å². The van der Waals surface area contributed by atoms with E-state index in [2.05, 4.69) is 16.7 Å². The highest BCUT2D eigenvalue weighted by atomic mass is 32.1. The standard InChI is InChI=1S/C19H17N3OS/c1-4-18(23)22(19-21-16-7-5-6-8-17(16)24-19)20-12-15-11-13(2)9-10-14(15)3/h4-12H,1H2,2-3H3/b20-12+. The average Bonchev–Trinajstić information content (AvgIpc) is 3.01. The number of nitrogens with zero attached hydrogens (tertiary/aromatic N) is 3. The fourth-order valence-corrected chi connectivity index (χ4v) is 3.19. The van der Waals surface area contributed by atoms with E-state index < -0.39 is 0 Å². The van der Waals surface area contributed by atoms with Gasteiger partial charge in [-0.15, -0.1) is 0 Å². The van der Waals surface area contributed by atoms with Crippen molar-refractivity contribution in [1.29, 1.82) is 0 Å². The van der Waals surface area contributed by atoms with Gasteiger partial charge in [-0.05, 0) is 43.2 Å². The number of carbonyl (C=O) groups excluding carboxylic acids is 1. The lowest BCUT2D eigenvalue weighted by Gasteiger charge is -2.11. The minimum Gasteiger partial charge on any atom is -0.267 e. The molecule has 0 spiro atoms. The van der Waals surface area contributed by atoms with Crippen LogP contribution in [0.1, 0.15) is 16.7 Å². The number of benzene rings is 2.